The zero-order chi connectivity index (χ0) is 14.4. The molecule has 106 valence electrons. The molecule has 0 heterocycles. The zero-order valence-electron chi connectivity index (χ0n) is 12.5. The van der Waals surface area contributed by atoms with E-state index in [0.717, 1.165) is 18.7 Å². The van der Waals surface area contributed by atoms with Gasteiger partial charge in [-0.15, -0.1) is 0 Å². The molecule has 2 heteroatoms. The molecule has 0 aliphatic carbocycles. The van der Waals surface area contributed by atoms with E-state index in [4.69, 9.17) is 4.74 Å². The molecule has 2 nitrogen and oxygen atoms in total. The van der Waals surface area contributed by atoms with Gasteiger partial charge in [0.05, 0.1) is 7.11 Å². The summed E-state index contributed by atoms with van der Waals surface area (Å²) in [4.78, 5) is 0. The van der Waals surface area contributed by atoms with Crippen LogP contribution in [0, 0.1) is 6.92 Å². The summed E-state index contributed by atoms with van der Waals surface area (Å²) >= 11 is 0. The Morgan fingerprint density at radius 3 is 2.45 bits per heavy atom. The maximum absolute atomic E-state index is 5.18. The van der Waals surface area contributed by atoms with Crippen LogP contribution in [0.15, 0.2) is 48.5 Å². The monoisotopic (exact) mass is 269 g/mol. The Hall–Kier alpha value is -1.80. The lowest BCUT2D eigenvalue weighted by Crippen LogP contribution is -2.27. The molecule has 20 heavy (non-hydrogen) atoms. The lowest BCUT2D eigenvalue weighted by molar-refractivity contribution is 0.414. The first-order chi connectivity index (χ1) is 9.67. The van der Waals surface area contributed by atoms with Crippen molar-refractivity contribution in [1.82, 2.24) is 5.32 Å². The van der Waals surface area contributed by atoms with Crippen molar-refractivity contribution in [1.29, 1.82) is 0 Å². The van der Waals surface area contributed by atoms with Gasteiger partial charge in [-0.1, -0.05) is 42.0 Å². The maximum Gasteiger partial charge on any atom is 0.118 e. The Balaban J connectivity index is 1.84. The van der Waals surface area contributed by atoms with Crippen molar-refractivity contribution < 1.29 is 4.74 Å². The summed E-state index contributed by atoms with van der Waals surface area (Å²) in [5.41, 5.74) is 3.98. The van der Waals surface area contributed by atoms with Gasteiger partial charge in [0, 0.05) is 12.6 Å². The van der Waals surface area contributed by atoms with Gasteiger partial charge in [-0.2, -0.15) is 0 Å². The fourth-order valence-electron chi connectivity index (χ4n) is 2.30. The van der Waals surface area contributed by atoms with Crippen molar-refractivity contribution in [2.24, 2.45) is 0 Å². The summed E-state index contributed by atoms with van der Waals surface area (Å²) in [5.74, 6) is 0.911. The Kier molecular flexibility index (Phi) is 5.19. The van der Waals surface area contributed by atoms with E-state index in [9.17, 15) is 0 Å². The van der Waals surface area contributed by atoms with E-state index in [0.29, 0.717) is 6.04 Å². The summed E-state index contributed by atoms with van der Waals surface area (Å²) in [6.07, 6.45) is 1.02. The highest BCUT2D eigenvalue weighted by atomic mass is 16.5. The number of hydrogen-bond acceptors (Lipinski definition) is 2. The molecular weight excluding hydrogens is 246 g/mol. The lowest BCUT2D eigenvalue weighted by atomic mass is 10.1. The highest BCUT2D eigenvalue weighted by molar-refractivity contribution is 5.27. The number of rotatable bonds is 6. The highest BCUT2D eigenvalue weighted by Crippen LogP contribution is 2.13. The Morgan fingerprint density at radius 2 is 1.80 bits per heavy atom. The standard InChI is InChI=1S/C18H23NO/c1-14-5-4-6-17(11-14)13-19-15(2)12-16-7-9-18(20-3)10-8-16/h4-11,15,19H,12-13H2,1-3H3. The fraction of sp³-hybridized carbons (Fsp3) is 0.333. The molecule has 2 rings (SSSR count). The molecular formula is C18H23NO. The van der Waals surface area contributed by atoms with Crippen LogP contribution in [0.25, 0.3) is 0 Å². The van der Waals surface area contributed by atoms with Gasteiger partial charge in [0.2, 0.25) is 0 Å². The van der Waals surface area contributed by atoms with E-state index in [1.54, 1.807) is 7.11 Å². The zero-order valence-corrected chi connectivity index (χ0v) is 12.5. The summed E-state index contributed by atoms with van der Waals surface area (Å²) in [7, 11) is 1.70. The average Bonchev–Trinajstić information content (AvgIpc) is 2.46. The molecule has 0 aliphatic rings. The average molecular weight is 269 g/mol. The molecule has 0 spiro atoms. The molecule has 0 bridgehead atoms. The predicted molar refractivity (Wildman–Crippen MR) is 84.2 cm³/mol. The molecule has 1 N–H and O–H groups in total. The second-order valence-corrected chi connectivity index (χ2v) is 5.32. The summed E-state index contributed by atoms with van der Waals surface area (Å²) in [6.45, 7) is 5.27. The van der Waals surface area contributed by atoms with Gasteiger partial charge in [0.1, 0.15) is 5.75 Å². The van der Waals surface area contributed by atoms with Gasteiger partial charge in [-0.05, 0) is 43.5 Å². The minimum atomic E-state index is 0.448. The van der Waals surface area contributed by atoms with Crippen molar-refractivity contribution in [2.45, 2.75) is 32.9 Å². The van der Waals surface area contributed by atoms with E-state index >= 15 is 0 Å². The van der Waals surface area contributed by atoms with Crippen LogP contribution in [0.2, 0.25) is 0 Å². The van der Waals surface area contributed by atoms with Crippen LogP contribution in [0.1, 0.15) is 23.6 Å². The number of aryl methyl sites for hydroxylation is 1. The van der Waals surface area contributed by atoms with E-state index in [2.05, 4.69) is 55.6 Å². The highest BCUT2D eigenvalue weighted by Gasteiger charge is 2.04. The SMILES string of the molecule is COc1ccc(CC(C)NCc2cccc(C)c2)cc1. The quantitative estimate of drug-likeness (QED) is 0.863. The van der Waals surface area contributed by atoms with E-state index in [1.807, 2.05) is 12.1 Å². The third kappa shape index (κ3) is 4.39. The van der Waals surface area contributed by atoms with Crippen LogP contribution < -0.4 is 10.1 Å². The van der Waals surface area contributed by atoms with E-state index in [-0.39, 0.29) is 0 Å². The molecule has 0 aromatic heterocycles. The largest absolute Gasteiger partial charge is 0.497 e. The van der Waals surface area contributed by atoms with Crippen LogP contribution in [0.5, 0.6) is 5.75 Å². The first kappa shape index (κ1) is 14.6. The van der Waals surface area contributed by atoms with Gasteiger partial charge in [-0.3, -0.25) is 0 Å². The van der Waals surface area contributed by atoms with Crippen molar-refractivity contribution >= 4 is 0 Å². The Bertz CT molecular complexity index is 533. The van der Waals surface area contributed by atoms with E-state index < -0.39 is 0 Å². The summed E-state index contributed by atoms with van der Waals surface area (Å²) in [6, 6.07) is 17.4. The van der Waals surface area contributed by atoms with Crippen LogP contribution in [0.3, 0.4) is 0 Å². The predicted octanol–water partition coefficient (Wildman–Crippen LogP) is 3.72. The molecule has 0 radical (unpaired) electrons. The molecule has 0 fully saturated rings. The van der Waals surface area contributed by atoms with Gasteiger partial charge < -0.3 is 10.1 Å². The van der Waals surface area contributed by atoms with Crippen LogP contribution in [-0.4, -0.2) is 13.2 Å². The molecule has 0 aliphatic heterocycles. The first-order valence-electron chi connectivity index (χ1n) is 7.09. The number of hydrogen-bond donors (Lipinski definition) is 1. The van der Waals surface area contributed by atoms with Crippen LogP contribution >= 0.6 is 0 Å². The van der Waals surface area contributed by atoms with Crippen LogP contribution in [-0.2, 0) is 13.0 Å². The van der Waals surface area contributed by atoms with Crippen molar-refractivity contribution in [3.8, 4) is 5.75 Å². The van der Waals surface area contributed by atoms with E-state index in [1.165, 1.54) is 16.7 Å². The topological polar surface area (TPSA) is 21.3 Å². The van der Waals surface area contributed by atoms with Crippen molar-refractivity contribution in [2.75, 3.05) is 7.11 Å². The second-order valence-electron chi connectivity index (χ2n) is 5.32. The molecule has 0 saturated heterocycles. The number of nitrogens with one attached hydrogen (secondary N) is 1. The first-order valence-corrected chi connectivity index (χ1v) is 7.09. The fourth-order valence-corrected chi connectivity index (χ4v) is 2.30. The minimum absolute atomic E-state index is 0.448. The molecule has 2 aromatic carbocycles. The van der Waals surface area contributed by atoms with Crippen molar-refractivity contribution in [3.63, 3.8) is 0 Å². The normalized spacial score (nSPS) is 12.2. The van der Waals surface area contributed by atoms with Crippen LogP contribution in [0.4, 0.5) is 0 Å². The molecule has 1 atom stereocenters. The van der Waals surface area contributed by atoms with Gasteiger partial charge in [0.15, 0.2) is 0 Å². The molecule has 0 amide bonds. The third-order valence-electron chi connectivity index (χ3n) is 3.44. The molecule has 2 aromatic rings. The maximum atomic E-state index is 5.18. The molecule has 0 saturated carbocycles. The smallest absolute Gasteiger partial charge is 0.118 e. The van der Waals surface area contributed by atoms with Gasteiger partial charge in [-0.25, -0.2) is 0 Å². The number of benzene rings is 2. The number of methoxy groups -OCH3 is 1. The minimum Gasteiger partial charge on any atom is -0.497 e. The summed E-state index contributed by atoms with van der Waals surface area (Å²) in [5, 5.41) is 3.57. The second kappa shape index (κ2) is 7.11. The Morgan fingerprint density at radius 1 is 1.05 bits per heavy atom. The van der Waals surface area contributed by atoms with Gasteiger partial charge in [0.25, 0.3) is 0 Å². The number of ether oxygens (including phenoxy) is 1. The Labute approximate surface area is 121 Å². The third-order valence-corrected chi connectivity index (χ3v) is 3.44. The van der Waals surface area contributed by atoms with Gasteiger partial charge >= 0.3 is 0 Å². The van der Waals surface area contributed by atoms with Crippen molar-refractivity contribution in [3.05, 3.63) is 65.2 Å². The lowest BCUT2D eigenvalue weighted by Gasteiger charge is -2.14. The summed E-state index contributed by atoms with van der Waals surface area (Å²) < 4.78 is 5.18. The molecule has 1 unspecified atom stereocenters.